The van der Waals surface area contributed by atoms with Crippen LogP contribution in [-0.4, -0.2) is 29.5 Å². The first-order valence-corrected chi connectivity index (χ1v) is 9.55. The van der Waals surface area contributed by atoms with E-state index in [1.807, 2.05) is 0 Å². The lowest BCUT2D eigenvalue weighted by Crippen LogP contribution is -2.25. The maximum Gasteiger partial charge on any atom is 0.395 e. The van der Waals surface area contributed by atoms with E-state index in [0.29, 0.717) is 27.3 Å². The Labute approximate surface area is 168 Å². The normalized spacial score (nSPS) is 15.3. The molecule has 2 aromatic heterocycles. The molecule has 3 N–H and O–H groups in total. The molecule has 1 aromatic carbocycles. The predicted molar refractivity (Wildman–Crippen MR) is 105 cm³/mol. The second kappa shape index (κ2) is 8.21. The van der Waals surface area contributed by atoms with Gasteiger partial charge in [0, 0.05) is 18.4 Å². The Morgan fingerprint density at radius 3 is 2.41 bits per heavy atom. The lowest BCUT2D eigenvalue weighted by molar-refractivity contribution is -0.146. The summed E-state index contributed by atoms with van der Waals surface area (Å²) in [6.45, 7) is 2.91. The smallest absolute Gasteiger partial charge is 0.372 e. The van der Waals surface area contributed by atoms with E-state index in [1.165, 1.54) is 48.9 Å². The second-order valence-corrected chi connectivity index (χ2v) is 7.76. The van der Waals surface area contributed by atoms with Crippen LogP contribution in [0.1, 0.15) is 35.1 Å². The van der Waals surface area contributed by atoms with Crippen molar-refractivity contribution in [2.75, 3.05) is 12.4 Å². The summed E-state index contributed by atoms with van der Waals surface area (Å²) in [5.74, 6) is -1.58. The van der Waals surface area contributed by atoms with Crippen molar-refractivity contribution >= 4 is 33.1 Å². The molecule has 0 aliphatic carbocycles. The van der Waals surface area contributed by atoms with Gasteiger partial charge in [-0.3, -0.25) is 5.73 Å². The molecule has 0 fully saturated rings. The number of hydrogen-bond acceptors (Lipinski definition) is 6. The number of nitrogens with zero attached hydrogens (tertiary/aromatic N) is 2. The Morgan fingerprint density at radius 1 is 1.21 bits per heavy atom. The minimum absolute atomic E-state index is 0.146. The van der Waals surface area contributed by atoms with Crippen LogP contribution in [0, 0.1) is 6.92 Å². The van der Waals surface area contributed by atoms with Crippen LogP contribution < -0.4 is 11.1 Å². The summed E-state index contributed by atoms with van der Waals surface area (Å²) < 4.78 is 58.0. The molecule has 3 aromatic rings. The van der Waals surface area contributed by atoms with Crippen molar-refractivity contribution in [1.82, 2.24) is 9.97 Å². The third-order valence-corrected chi connectivity index (χ3v) is 5.46. The molecule has 0 bridgehead atoms. The molecule has 0 aliphatic rings. The summed E-state index contributed by atoms with van der Waals surface area (Å²) >= 11 is 1.35. The van der Waals surface area contributed by atoms with Gasteiger partial charge in [-0.15, -0.1) is 0 Å². The van der Waals surface area contributed by atoms with Gasteiger partial charge in [-0.05, 0) is 31.5 Å². The zero-order valence-electron chi connectivity index (χ0n) is 15.9. The molecule has 0 saturated heterocycles. The lowest BCUT2D eigenvalue weighted by atomic mass is 10.0. The average molecular weight is 428 g/mol. The number of aromatic nitrogens is 2. The van der Waals surface area contributed by atoms with Gasteiger partial charge in [-0.1, -0.05) is 23.5 Å². The second-order valence-electron chi connectivity index (χ2n) is 6.58. The topological polar surface area (TPSA) is 73.1 Å². The number of benzene rings is 1. The van der Waals surface area contributed by atoms with E-state index < -0.39 is 24.5 Å². The number of hydrogen-bond donors (Lipinski definition) is 2. The Balaban J connectivity index is 2.00. The highest BCUT2D eigenvalue weighted by molar-refractivity contribution is 7.18. The quantitative estimate of drug-likeness (QED) is 0.409. The first kappa shape index (κ1) is 21.4. The van der Waals surface area contributed by atoms with Gasteiger partial charge in [0.1, 0.15) is 16.5 Å². The van der Waals surface area contributed by atoms with Gasteiger partial charge < -0.3 is 10.1 Å². The van der Waals surface area contributed by atoms with Gasteiger partial charge in [0.2, 0.25) is 0 Å². The molecule has 0 amide bonds. The number of aryl methyl sites for hydroxylation is 1. The van der Waals surface area contributed by atoms with E-state index in [9.17, 15) is 17.6 Å². The first-order chi connectivity index (χ1) is 13.6. The SMILES string of the molecule is COC(c1c(Nc2ccc([C@H](C)C(F)(F)F)cc2)cnc2sc(C)nc12)C(N)F. The Morgan fingerprint density at radius 2 is 1.86 bits per heavy atom. The third kappa shape index (κ3) is 4.49. The molecule has 2 unspecified atom stereocenters. The van der Waals surface area contributed by atoms with Gasteiger partial charge >= 0.3 is 6.18 Å². The van der Waals surface area contributed by atoms with Gasteiger partial charge in [0.25, 0.3) is 0 Å². The van der Waals surface area contributed by atoms with Crippen molar-refractivity contribution in [2.24, 2.45) is 5.73 Å². The number of fused-ring (bicyclic) bond motifs is 1. The molecule has 0 radical (unpaired) electrons. The summed E-state index contributed by atoms with van der Waals surface area (Å²) in [7, 11) is 1.34. The highest BCUT2D eigenvalue weighted by Crippen LogP contribution is 2.38. The average Bonchev–Trinajstić information content (AvgIpc) is 3.03. The molecule has 0 spiro atoms. The minimum Gasteiger partial charge on any atom is -0.372 e. The number of nitrogens with one attached hydrogen (secondary N) is 1. The van der Waals surface area contributed by atoms with E-state index in [-0.39, 0.29) is 5.56 Å². The molecule has 0 saturated carbocycles. The van der Waals surface area contributed by atoms with Crippen LogP contribution >= 0.6 is 11.3 Å². The van der Waals surface area contributed by atoms with Crippen LogP contribution in [0.5, 0.6) is 0 Å². The summed E-state index contributed by atoms with van der Waals surface area (Å²) in [5.41, 5.74) is 7.42. The van der Waals surface area contributed by atoms with Gasteiger partial charge in [0.15, 0.2) is 6.30 Å². The largest absolute Gasteiger partial charge is 0.395 e. The molecule has 156 valence electrons. The molecule has 3 rings (SSSR count). The van der Waals surface area contributed by atoms with Crippen LogP contribution in [0.4, 0.5) is 28.9 Å². The van der Waals surface area contributed by atoms with Crippen molar-refractivity contribution in [1.29, 1.82) is 0 Å². The molecule has 5 nitrogen and oxygen atoms in total. The number of nitrogens with two attached hydrogens (primary N) is 1. The Kier molecular flexibility index (Phi) is 6.06. The fourth-order valence-corrected chi connectivity index (χ4v) is 3.77. The molecule has 29 heavy (non-hydrogen) atoms. The summed E-state index contributed by atoms with van der Waals surface area (Å²) in [6.07, 6.45) is -5.70. The number of anilines is 2. The zero-order valence-corrected chi connectivity index (χ0v) is 16.7. The van der Waals surface area contributed by atoms with Crippen LogP contribution in [0.15, 0.2) is 30.5 Å². The minimum atomic E-state index is -4.32. The number of pyridine rings is 1. The first-order valence-electron chi connectivity index (χ1n) is 8.74. The van der Waals surface area contributed by atoms with Crippen molar-refractivity contribution in [3.8, 4) is 0 Å². The van der Waals surface area contributed by atoms with Crippen LogP contribution in [-0.2, 0) is 4.74 Å². The number of methoxy groups -OCH3 is 1. The lowest BCUT2D eigenvalue weighted by Gasteiger charge is -2.21. The molecule has 3 atom stereocenters. The van der Waals surface area contributed by atoms with E-state index in [4.69, 9.17) is 10.5 Å². The van der Waals surface area contributed by atoms with Crippen LogP contribution in [0.2, 0.25) is 0 Å². The Bertz CT molecular complexity index is 988. The number of halogens is 4. The van der Waals surface area contributed by atoms with Crippen molar-refractivity contribution in [2.45, 2.75) is 38.3 Å². The number of rotatable bonds is 6. The van der Waals surface area contributed by atoms with Gasteiger partial charge in [-0.25, -0.2) is 14.4 Å². The molecular weight excluding hydrogens is 408 g/mol. The Hall–Kier alpha value is -2.30. The number of alkyl halides is 4. The van der Waals surface area contributed by atoms with Crippen molar-refractivity contribution < 1.29 is 22.3 Å². The molecule has 0 aliphatic heterocycles. The molecular formula is C19H20F4N4OS. The van der Waals surface area contributed by atoms with E-state index in [0.717, 1.165) is 11.9 Å². The number of ether oxygens (including phenoxy) is 1. The summed E-state index contributed by atoms with van der Waals surface area (Å²) in [5, 5.41) is 3.82. The van der Waals surface area contributed by atoms with E-state index in [1.54, 1.807) is 6.92 Å². The zero-order chi connectivity index (χ0) is 21.3. The highest BCUT2D eigenvalue weighted by Gasteiger charge is 2.36. The predicted octanol–water partition coefficient (Wildman–Crippen LogP) is 5.35. The van der Waals surface area contributed by atoms with Crippen LogP contribution in [0.25, 0.3) is 10.3 Å². The van der Waals surface area contributed by atoms with Crippen LogP contribution in [0.3, 0.4) is 0 Å². The highest BCUT2D eigenvalue weighted by atomic mass is 32.1. The standard InChI is InChI=1S/C19H20F4N4OS/c1-9(19(21,22)23)11-4-6-12(7-5-11)27-13-8-25-18-15(26-10(2)29-18)14(13)16(28-3)17(20)24/h4-9,16-17,27H,24H2,1-3H3/t9-,16?,17?/m0/s1. The maximum absolute atomic E-state index is 14.0. The maximum atomic E-state index is 14.0. The number of thiazole rings is 1. The van der Waals surface area contributed by atoms with Gasteiger partial charge in [-0.2, -0.15) is 13.2 Å². The summed E-state index contributed by atoms with van der Waals surface area (Å²) in [6, 6.07) is 5.84. The summed E-state index contributed by atoms with van der Waals surface area (Å²) in [4.78, 5) is 9.37. The van der Waals surface area contributed by atoms with Gasteiger partial charge in [0.05, 0.1) is 22.8 Å². The van der Waals surface area contributed by atoms with Crippen molar-refractivity contribution in [3.05, 3.63) is 46.6 Å². The molecule has 2 heterocycles. The fraction of sp³-hybridized carbons (Fsp3) is 0.368. The van der Waals surface area contributed by atoms with E-state index >= 15 is 0 Å². The fourth-order valence-electron chi connectivity index (χ4n) is 2.99. The van der Waals surface area contributed by atoms with E-state index in [2.05, 4.69) is 15.3 Å². The molecule has 10 heteroatoms. The monoisotopic (exact) mass is 428 g/mol. The third-order valence-electron chi connectivity index (χ3n) is 4.58. The van der Waals surface area contributed by atoms with Crippen molar-refractivity contribution in [3.63, 3.8) is 0 Å².